The molecule has 1 atom stereocenters. The summed E-state index contributed by atoms with van der Waals surface area (Å²) in [5.74, 6) is -0.681. The Morgan fingerprint density at radius 3 is 2.28 bits per heavy atom. The van der Waals surface area contributed by atoms with Crippen molar-refractivity contribution in [2.24, 2.45) is 0 Å². The van der Waals surface area contributed by atoms with Crippen molar-refractivity contribution >= 4 is 15.8 Å². The van der Waals surface area contributed by atoms with E-state index in [1.165, 1.54) is 0 Å². The molecule has 1 saturated heterocycles. The second kappa shape index (κ2) is 5.54. The highest BCUT2D eigenvalue weighted by atomic mass is 32.2. The smallest absolute Gasteiger partial charge is 0.324 e. The lowest BCUT2D eigenvalue weighted by molar-refractivity contribution is -0.145. The molecule has 18 heavy (non-hydrogen) atoms. The van der Waals surface area contributed by atoms with Crippen LogP contribution in [0.4, 0.5) is 0 Å². The molecular formula is C11H22N2O4S. The van der Waals surface area contributed by atoms with Crippen LogP contribution in [0.2, 0.25) is 0 Å². The standard InChI is InChI=1S/C11H22N2O4S/c1-9(2)12-11(3,10(14)15)8-13-4-6-18(16,17)7-5-13/h9,12H,4-8H2,1-3H3,(H,14,15). The SMILES string of the molecule is CC(C)NC(C)(CN1CCS(=O)(=O)CC1)C(=O)O. The summed E-state index contributed by atoms with van der Waals surface area (Å²) in [6, 6.07) is 0.0552. The van der Waals surface area contributed by atoms with Gasteiger partial charge in [0.25, 0.3) is 0 Å². The van der Waals surface area contributed by atoms with Gasteiger partial charge in [0, 0.05) is 25.7 Å². The van der Waals surface area contributed by atoms with Crippen molar-refractivity contribution in [2.45, 2.75) is 32.4 Å². The lowest BCUT2D eigenvalue weighted by atomic mass is 10.0. The van der Waals surface area contributed by atoms with Crippen LogP contribution in [0, 0.1) is 0 Å². The van der Waals surface area contributed by atoms with E-state index in [1.807, 2.05) is 18.7 Å². The zero-order valence-electron chi connectivity index (χ0n) is 11.1. The molecule has 7 heteroatoms. The minimum absolute atomic E-state index is 0.0552. The van der Waals surface area contributed by atoms with E-state index < -0.39 is 21.3 Å². The molecule has 6 nitrogen and oxygen atoms in total. The quantitative estimate of drug-likeness (QED) is 0.709. The Bertz CT molecular complexity index is 393. The van der Waals surface area contributed by atoms with Crippen molar-refractivity contribution < 1.29 is 18.3 Å². The minimum atomic E-state index is -2.92. The maximum atomic E-state index is 11.4. The predicted molar refractivity (Wildman–Crippen MR) is 69.4 cm³/mol. The van der Waals surface area contributed by atoms with E-state index in [2.05, 4.69) is 5.32 Å². The topological polar surface area (TPSA) is 86.7 Å². The molecule has 106 valence electrons. The van der Waals surface area contributed by atoms with Crippen LogP contribution in [0.15, 0.2) is 0 Å². The Kier molecular flexibility index (Phi) is 4.74. The molecular weight excluding hydrogens is 256 g/mol. The summed E-state index contributed by atoms with van der Waals surface area (Å²) in [7, 11) is -2.92. The average Bonchev–Trinajstić information content (AvgIpc) is 2.20. The number of sulfone groups is 1. The van der Waals surface area contributed by atoms with Gasteiger partial charge in [-0.3, -0.25) is 15.0 Å². The highest BCUT2D eigenvalue weighted by Crippen LogP contribution is 2.12. The van der Waals surface area contributed by atoms with Gasteiger partial charge in [0.2, 0.25) is 0 Å². The average molecular weight is 278 g/mol. The number of carboxylic acid groups (broad SMARTS) is 1. The van der Waals surface area contributed by atoms with Crippen molar-refractivity contribution in [1.82, 2.24) is 10.2 Å². The van der Waals surface area contributed by atoms with Crippen LogP contribution in [0.1, 0.15) is 20.8 Å². The molecule has 1 aliphatic heterocycles. The molecule has 1 unspecified atom stereocenters. The van der Waals surface area contributed by atoms with E-state index in [0.717, 1.165) is 0 Å². The van der Waals surface area contributed by atoms with E-state index in [9.17, 15) is 18.3 Å². The summed E-state index contributed by atoms with van der Waals surface area (Å²) in [5, 5.41) is 12.3. The van der Waals surface area contributed by atoms with E-state index in [4.69, 9.17) is 0 Å². The lowest BCUT2D eigenvalue weighted by Gasteiger charge is -2.36. The second-order valence-electron chi connectivity index (χ2n) is 5.36. The first kappa shape index (κ1) is 15.4. The van der Waals surface area contributed by atoms with Gasteiger partial charge in [-0.25, -0.2) is 8.42 Å². The fourth-order valence-corrected chi connectivity index (χ4v) is 3.44. The third-order valence-corrected chi connectivity index (χ3v) is 4.67. The molecule has 0 spiro atoms. The summed E-state index contributed by atoms with van der Waals surface area (Å²) < 4.78 is 22.6. The van der Waals surface area contributed by atoms with Gasteiger partial charge in [-0.2, -0.15) is 0 Å². The normalized spacial score (nSPS) is 23.8. The number of hydrogen-bond donors (Lipinski definition) is 2. The summed E-state index contributed by atoms with van der Waals surface area (Å²) >= 11 is 0. The maximum Gasteiger partial charge on any atom is 0.324 e. The zero-order valence-corrected chi connectivity index (χ0v) is 12.0. The van der Waals surface area contributed by atoms with Crippen LogP contribution in [0.25, 0.3) is 0 Å². The summed E-state index contributed by atoms with van der Waals surface area (Å²) in [6.07, 6.45) is 0. The Morgan fingerprint density at radius 1 is 1.39 bits per heavy atom. The monoisotopic (exact) mass is 278 g/mol. The van der Waals surface area contributed by atoms with Crippen molar-refractivity contribution in [3.05, 3.63) is 0 Å². The number of hydrogen-bond acceptors (Lipinski definition) is 5. The Labute approximate surface area is 108 Å². The van der Waals surface area contributed by atoms with Gasteiger partial charge in [-0.15, -0.1) is 0 Å². The molecule has 0 aromatic heterocycles. The number of aliphatic carboxylic acids is 1. The molecule has 1 heterocycles. The van der Waals surface area contributed by atoms with Crippen molar-refractivity contribution in [2.75, 3.05) is 31.1 Å². The summed E-state index contributed by atoms with van der Waals surface area (Å²) in [5.41, 5.74) is -1.05. The number of carboxylic acids is 1. The second-order valence-corrected chi connectivity index (χ2v) is 7.67. The summed E-state index contributed by atoms with van der Waals surface area (Å²) in [6.45, 7) is 6.55. The van der Waals surface area contributed by atoms with Gasteiger partial charge >= 0.3 is 5.97 Å². The van der Waals surface area contributed by atoms with Crippen LogP contribution in [0.5, 0.6) is 0 Å². The third kappa shape index (κ3) is 4.22. The number of nitrogens with zero attached hydrogens (tertiary/aromatic N) is 1. The predicted octanol–water partition coefficient (Wildman–Crippen LogP) is -0.442. The van der Waals surface area contributed by atoms with Gasteiger partial charge < -0.3 is 5.11 Å². The fraction of sp³-hybridized carbons (Fsp3) is 0.909. The summed E-state index contributed by atoms with van der Waals surface area (Å²) in [4.78, 5) is 13.2. The van der Waals surface area contributed by atoms with E-state index in [0.29, 0.717) is 19.6 Å². The molecule has 1 fully saturated rings. The molecule has 0 amide bonds. The molecule has 0 aliphatic carbocycles. The molecule has 0 saturated carbocycles. The van der Waals surface area contributed by atoms with E-state index >= 15 is 0 Å². The molecule has 2 N–H and O–H groups in total. The Morgan fingerprint density at radius 2 is 1.89 bits per heavy atom. The van der Waals surface area contributed by atoms with Crippen molar-refractivity contribution in [3.63, 3.8) is 0 Å². The first-order valence-corrected chi connectivity index (χ1v) is 7.91. The first-order valence-electron chi connectivity index (χ1n) is 6.08. The fourth-order valence-electron chi connectivity index (χ4n) is 2.17. The lowest BCUT2D eigenvalue weighted by Crippen LogP contribution is -2.60. The minimum Gasteiger partial charge on any atom is -0.480 e. The highest BCUT2D eigenvalue weighted by molar-refractivity contribution is 7.91. The van der Waals surface area contributed by atoms with Crippen molar-refractivity contribution in [1.29, 1.82) is 0 Å². The molecule has 0 aromatic carbocycles. The van der Waals surface area contributed by atoms with Gasteiger partial charge in [0.05, 0.1) is 11.5 Å². The largest absolute Gasteiger partial charge is 0.480 e. The Balaban J connectivity index is 2.66. The van der Waals surface area contributed by atoms with Gasteiger partial charge in [0.15, 0.2) is 9.84 Å². The Hall–Kier alpha value is -0.660. The van der Waals surface area contributed by atoms with Crippen LogP contribution < -0.4 is 5.32 Å². The molecule has 0 aromatic rings. The molecule has 1 aliphatic rings. The van der Waals surface area contributed by atoms with Gasteiger partial charge in [-0.1, -0.05) is 0 Å². The highest BCUT2D eigenvalue weighted by Gasteiger charge is 2.36. The van der Waals surface area contributed by atoms with E-state index in [1.54, 1.807) is 6.92 Å². The number of carbonyl (C=O) groups is 1. The number of rotatable bonds is 5. The van der Waals surface area contributed by atoms with Crippen LogP contribution >= 0.6 is 0 Å². The first-order chi connectivity index (χ1) is 8.15. The molecule has 1 rings (SSSR count). The van der Waals surface area contributed by atoms with Gasteiger partial charge in [0.1, 0.15) is 5.54 Å². The van der Waals surface area contributed by atoms with Crippen LogP contribution in [-0.4, -0.2) is 67.1 Å². The van der Waals surface area contributed by atoms with Gasteiger partial charge in [-0.05, 0) is 20.8 Å². The zero-order chi connectivity index (χ0) is 14.0. The van der Waals surface area contributed by atoms with Crippen molar-refractivity contribution in [3.8, 4) is 0 Å². The number of nitrogens with one attached hydrogen (secondary N) is 1. The molecule has 0 radical (unpaired) electrons. The van der Waals surface area contributed by atoms with Crippen LogP contribution in [-0.2, 0) is 14.6 Å². The van der Waals surface area contributed by atoms with Crippen LogP contribution in [0.3, 0.4) is 0 Å². The van der Waals surface area contributed by atoms with E-state index in [-0.39, 0.29) is 17.5 Å². The molecule has 0 bridgehead atoms. The maximum absolute atomic E-state index is 11.4. The third-order valence-electron chi connectivity index (χ3n) is 3.06.